The Bertz CT molecular complexity index is 1080. The highest BCUT2D eigenvalue weighted by molar-refractivity contribution is 7.18. The molecule has 2 aromatic heterocycles. The highest BCUT2D eigenvalue weighted by Gasteiger charge is 2.19. The second-order valence-corrected chi connectivity index (χ2v) is 9.31. The van der Waals surface area contributed by atoms with Crippen LogP contribution in [0.1, 0.15) is 20.8 Å². The fourth-order valence-corrected chi connectivity index (χ4v) is 4.25. The first-order chi connectivity index (χ1) is 15.2. The highest BCUT2D eigenvalue weighted by atomic mass is 35.5. The maximum absolute atomic E-state index is 14.6. The SMILES string of the molecule is CC(C)Nc1ncc(-c2nnc(-c3cc(F)c(OC[C@H](NCl)[C@@H](C)O)cc3Cl)s2)cc1Cl. The minimum Gasteiger partial charge on any atom is -0.489 e. The maximum Gasteiger partial charge on any atom is 0.165 e. The van der Waals surface area contributed by atoms with E-state index in [0.29, 0.717) is 32.0 Å². The van der Waals surface area contributed by atoms with Crippen LogP contribution < -0.4 is 14.9 Å². The molecule has 0 saturated heterocycles. The van der Waals surface area contributed by atoms with Crippen molar-refractivity contribution in [3.8, 4) is 26.9 Å². The van der Waals surface area contributed by atoms with Crippen LogP contribution in [0.2, 0.25) is 10.0 Å². The fraction of sp³-hybridized carbons (Fsp3) is 0.350. The van der Waals surface area contributed by atoms with E-state index in [1.807, 2.05) is 13.8 Å². The van der Waals surface area contributed by atoms with Crippen molar-refractivity contribution in [3.63, 3.8) is 0 Å². The molecule has 3 aromatic rings. The predicted octanol–water partition coefficient (Wildman–Crippen LogP) is 5.40. The van der Waals surface area contributed by atoms with E-state index in [2.05, 4.69) is 25.3 Å². The molecule has 0 amide bonds. The van der Waals surface area contributed by atoms with Crippen molar-refractivity contribution in [2.75, 3.05) is 11.9 Å². The number of hydrogen-bond acceptors (Lipinski definition) is 8. The van der Waals surface area contributed by atoms with E-state index in [1.165, 1.54) is 23.5 Å². The normalized spacial score (nSPS) is 13.3. The van der Waals surface area contributed by atoms with E-state index in [1.54, 1.807) is 19.2 Å². The number of aliphatic hydroxyl groups excluding tert-OH is 1. The number of aromatic nitrogens is 3. The van der Waals surface area contributed by atoms with Crippen LogP contribution >= 0.6 is 46.3 Å². The molecule has 0 aliphatic carbocycles. The van der Waals surface area contributed by atoms with Crippen LogP contribution in [0.15, 0.2) is 24.4 Å². The molecular weight excluding hydrogens is 500 g/mol. The van der Waals surface area contributed by atoms with E-state index in [9.17, 15) is 9.50 Å². The summed E-state index contributed by atoms with van der Waals surface area (Å²) in [5.74, 6) is -0.114. The van der Waals surface area contributed by atoms with Crippen LogP contribution in [-0.2, 0) is 0 Å². The maximum atomic E-state index is 14.6. The molecule has 0 radical (unpaired) electrons. The highest BCUT2D eigenvalue weighted by Crippen LogP contribution is 2.37. The van der Waals surface area contributed by atoms with Crippen molar-refractivity contribution in [3.05, 3.63) is 40.3 Å². The first-order valence-electron chi connectivity index (χ1n) is 9.62. The molecular formula is C20H21Cl3FN5O2S. The molecule has 7 nitrogen and oxygen atoms in total. The third-order valence-electron chi connectivity index (χ3n) is 4.33. The number of anilines is 1. The number of nitrogens with one attached hydrogen (secondary N) is 2. The number of ether oxygens (including phenoxy) is 1. The molecule has 2 atom stereocenters. The van der Waals surface area contributed by atoms with E-state index in [4.69, 9.17) is 39.7 Å². The minimum absolute atomic E-state index is 0.0495. The molecule has 0 fully saturated rings. The lowest BCUT2D eigenvalue weighted by Gasteiger charge is -2.18. The Morgan fingerprint density at radius 2 is 1.84 bits per heavy atom. The second kappa shape index (κ2) is 10.9. The van der Waals surface area contributed by atoms with E-state index < -0.39 is 18.0 Å². The van der Waals surface area contributed by atoms with Gasteiger partial charge in [0.15, 0.2) is 11.6 Å². The van der Waals surface area contributed by atoms with Crippen molar-refractivity contribution in [1.82, 2.24) is 20.0 Å². The molecule has 0 aliphatic heterocycles. The molecule has 3 rings (SSSR count). The fourth-order valence-electron chi connectivity index (χ4n) is 2.63. The Morgan fingerprint density at radius 1 is 1.12 bits per heavy atom. The topological polar surface area (TPSA) is 92.2 Å². The Labute approximate surface area is 204 Å². The number of benzene rings is 1. The van der Waals surface area contributed by atoms with Gasteiger partial charge in [-0.1, -0.05) is 34.5 Å². The van der Waals surface area contributed by atoms with Gasteiger partial charge >= 0.3 is 0 Å². The minimum atomic E-state index is -0.789. The lowest BCUT2D eigenvalue weighted by molar-refractivity contribution is 0.122. The molecule has 0 aliphatic rings. The van der Waals surface area contributed by atoms with Crippen LogP contribution in [0.5, 0.6) is 5.75 Å². The number of aliphatic hydroxyl groups is 1. The zero-order valence-corrected chi connectivity index (χ0v) is 20.5. The summed E-state index contributed by atoms with van der Waals surface area (Å²) in [5.41, 5.74) is 1.06. The lowest BCUT2D eigenvalue weighted by atomic mass is 10.2. The monoisotopic (exact) mass is 519 g/mol. The summed E-state index contributed by atoms with van der Waals surface area (Å²) in [6, 6.07) is 3.93. The van der Waals surface area contributed by atoms with Crippen LogP contribution in [0.3, 0.4) is 0 Å². The molecule has 0 saturated carbocycles. The summed E-state index contributed by atoms with van der Waals surface area (Å²) in [5, 5.41) is 22.7. The molecule has 0 spiro atoms. The Morgan fingerprint density at radius 3 is 2.47 bits per heavy atom. The standard InChI is InChI=1S/C20H21Cl3FN5O2S/c1-9(2)26-18-14(22)4-11(7-25-18)19-28-29-20(32-19)12-5-15(24)17(6-13(12)21)31-8-16(27-23)10(3)30/h4-7,9-10,16,27,30H,8H2,1-3H3,(H,25,26)/t10-,16+/m1/s1. The van der Waals surface area contributed by atoms with Crippen molar-refractivity contribution in [1.29, 1.82) is 0 Å². The molecule has 0 unspecified atom stereocenters. The summed E-state index contributed by atoms with van der Waals surface area (Å²) in [7, 11) is 0. The van der Waals surface area contributed by atoms with Crippen molar-refractivity contribution in [2.45, 2.75) is 39.0 Å². The first kappa shape index (κ1) is 24.9. The van der Waals surface area contributed by atoms with E-state index in [-0.39, 0.29) is 23.4 Å². The Kier molecular flexibility index (Phi) is 8.49. The summed E-state index contributed by atoms with van der Waals surface area (Å²) in [6.07, 6.45) is 0.854. The van der Waals surface area contributed by atoms with Gasteiger partial charge in [-0.25, -0.2) is 14.2 Å². The number of rotatable bonds is 9. The van der Waals surface area contributed by atoms with Gasteiger partial charge in [0.2, 0.25) is 0 Å². The van der Waals surface area contributed by atoms with E-state index >= 15 is 0 Å². The smallest absolute Gasteiger partial charge is 0.165 e. The van der Waals surface area contributed by atoms with Gasteiger partial charge in [0.25, 0.3) is 0 Å². The number of nitrogens with zero attached hydrogens (tertiary/aromatic N) is 3. The van der Waals surface area contributed by atoms with Crippen molar-refractivity contribution >= 4 is 52.1 Å². The zero-order valence-electron chi connectivity index (χ0n) is 17.4. The molecule has 32 heavy (non-hydrogen) atoms. The first-order valence-corrected chi connectivity index (χ1v) is 11.6. The predicted molar refractivity (Wildman–Crippen MR) is 127 cm³/mol. The molecule has 2 heterocycles. The van der Waals surface area contributed by atoms with Gasteiger partial charge in [0.1, 0.15) is 22.4 Å². The van der Waals surface area contributed by atoms with Crippen molar-refractivity contribution in [2.24, 2.45) is 0 Å². The van der Waals surface area contributed by atoms with Gasteiger partial charge in [0, 0.05) is 29.4 Å². The van der Waals surface area contributed by atoms with Crippen LogP contribution in [0.4, 0.5) is 10.2 Å². The number of hydrogen-bond donors (Lipinski definition) is 3. The molecule has 3 N–H and O–H groups in total. The Balaban J connectivity index is 1.81. The summed E-state index contributed by atoms with van der Waals surface area (Å²) < 4.78 is 20.0. The summed E-state index contributed by atoms with van der Waals surface area (Å²) in [6.45, 7) is 5.47. The van der Waals surface area contributed by atoms with Gasteiger partial charge in [-0.05, 0) is 44.7 Å². The zero-order chi connectivity index (χ0) is 23.4. The summed E-state index contributed by atoms with van der Waals surface area (Å²) in [4.78, 5) is 6.72. The van der Waals surface area contributed by atoms with Gasteiger partial charge in [-0.2, -0.15) is 0 Å². The molecule has 0 bridgehead atoms. The average molecular weight is 521 g/mol. The van der Waals surface area contributed by atoms with Gasteiger partial charge in [-0.3, -0.25) is 0 Å². The summed E-state index contributed by atoms with van der Waals surface area (Å²) >= 11 is 19.5. The van der Waals surface area contributed by atoms with Crippen LogP contribution in [0.25, 0.3) is 21.1 Å². The molecule has 12 heteroatoms. The van der Waals surface area contributed by atoms with Crippen LogP contribution in [-0.4, -0.2) is 45.1 Å². The third-order valence-corrected chi connectivity index (χ3v) is 6.22. The largest absolute Gasteiger partial charge is 0.489 e. The second-order valence-electron chi connectivity index (χ2n) is 7.30. The number of pyridine rings is 1. The molecule has 172 valence electrons. The van der Waals surface area contributed by atoms with Gasteiger partial charge in [-0.15, -0.1) is 10.2 Å². The van der Waals surface area contributed by atoms with Gasteiger partial charge in [0.05, 0.1) is 22.2 Å². The molecule has 1 aromatic carbocycles. The third kappa shape index (κ3) is 5.98. The van der Waals surface area contributed by atoms with E-state index in [0.717, 1.165) is 0 Å². The number of halogens is 4. The quantitative estimate of drug-likeness (QED) is 0.325. The van der Waals surface area contributed by atoms with Crippen molar-refractivity contribution < 1.29 is 14.2 Å². The van der Waals surface area contributed by atoms with Crippen LogP contribution in [0, 0.1) is 5.82 Å². The lowest BCUT2D eigenvalue weighted by Crippen LogP contribution is -2.38. The Hall–Kier alpha value is -1.75. The average Bonchev–Trinajstić information content (AvgIpc) is 3.21. The van der Waals surface area contributed by atoms with Gasteiger partial charge < -0.3 is 15.2 Å².